The van der Waals surface area contributed by atoms with Crippen LogP contribution in [0.3, 0.4) is 0 Å². The molecule has 1 saturated carbocycles. The highest BCUT2D eigenvalue weighted by molar-refractivity contribution is 9.10. The summed E-state index contributed by atoms with van der Waals surface area (Å²) in [5.41, 5.74) is 6.97. The van der Waals surface area contributed by atoms with Crippen LogP contribution in [0.5, 0.6) is 0 Å². The predicted molar refractivity (Wildman–Crippen MR) is 67.0 cm³/mol. The minimum absolute atomic E-state index is 0. The van der Waals surface area contributed by atoms with Gasteiger partial charge < -0.3 is 10.8 Å². The summed E-state index contributed by atoms with van der Waals surface area (Å²) in [5.74, 6) is 0.425. The second kappa shape index (κ2) is 5.30. The van der Waals surface area contributed by atoms with Crippen molar-refractivity contribution in [2.45, 2.75) is 25.0 Å². The van der Waals surface area contributed by atoms with Gasteiger partial charge in [0.1, 0.15) is 0 Å². The number of rotatable bonds is 3. The SMILES string of the molecule is Cl.N[C@@H](c1ccc(Br)cc1)[C@H](O)C1CC1. The van der Waals surface area contributed by atoms with Gasteiger partial charge >= 0.3 is 0 Å². The fourth-order valence-corrected chi connectivity index (χ4v) is 1.88. The number of nitrogens with two attached hydrogens (primary N) is 1. The summed E-state index contributed by atoms with van der Waals surface area (Å²) in [5, 5.41) is 9.84. The van der Waals surface area contributed by atoms with E-state index in [0.29, 0.717) is 5.92 Å². The van der Waals surface area contributed by atoms with E-state index in [1.165, 1.54) is 0 Å². The van der Waals surface area contributed by atoms with Gasteiger partial charge in [-0.05, 0) is 36.5 Å². The molecular formula is C11H15BrClNO. The summed E-state index contributed by atoms with van der Waals surface area (Å²) in [6, 6.07) is 7.58. The average Bonchev–Trinajstić information content (AvgIpc) is 3.00. The average molecular weight is 293 g/mol. The lowest BCUT2D eigenvalue weighted by molar-refractivity contribution is 0.122. The predicted octanol–water partition coefficient (Wildman–Crippen LogP) is 2.64. The molecule has 0 radical (unpaired) electrons. The molecule has 0 heterocycles. The number of halogens is 2. The molecule has 0 amide bonds. The van der Waals surface area contributed by atoms with Crippen molar-refractivity contribution < 1.29 is 5.11 Å². The molecule has 84 valence electrons. The van der Waals surface area contributed by atoms with Crippen LogP contribution in [0.1, 0.15) is 24.4 Å². The lowest BCUT2D eigenvalue weighted by Crippen LogP contribution is -2.27. The van der Waals surface area contributed by atoms with Crippen LogP contribution < -0.4 is 5.73 Å². The largest absolute Gasteiger partial charge is 0.391 e. The smallest absolute Gasteiger partial charge is 0.0760 e. The quantitative estimate of drug-likeness (QED) is 0.899. The van der Waals surface area contributed by atoms with E-state index in [1.54, 1.807) is 0 Å². The first-order valence-electron chi connectivity index (χ1n) is 4.87. The topological polar surface area (TPSA) is 46.2 Å². The van der Waals surface area contributed by atoms with Gasteiger partial charge in [0, 0.05) is 4.47 Å². The van der Waals surface area contributed by atoms with Crippen LogP contribution in [-0.4, -0.2) is 11.2 Å². The molecule has 1 aliphatic carbocycles. The molecule has 0 aromatic heterocycles. The highest BCUT2D eigenvalue weighted by atomic mass is 79.9. The first-order valence-corrected chi connectivity index (χ1v) is 5.67. The third-order valence-electron chi connectivity index (χ3n) is 2.73. The zero-order valence-electron chi connectivity index (χ0n) is 8.27. The van der Waals surface area contributed by atoms with E-state index in [9.17, 15) is 5.11 Å². The summed E-state index contributed by atoms with van der Waals surface area (Å²) in [6.07, 6.45) is 1.85. The number of hydrogen-bond acceptors (Lipinski definition) is 2. The molecule has 3 N–H and O–H groups in total. The standard InChI is InChI=1S/C11H14BrNO.ClH/c12-9-5-3-7(4-6-9)10(13)11(14)8-1-2-8;/h3-6,8,10-11,14H,1-2,13H2;1H/t10-,11+;/m0./s1. The highest BCUT2D eigenvalue weighted by Gasteiger charge is 2.34. The van der Waals surface area contributed by atoms with Crippen molar-refractivity contribution in [3.8, 4) is 0 Å². The Bertz CT molecular complexity index is 313. The maximum atomic E-state index is 9.84. The van der Waals surface area contributed by atoms with Gasteiger partial charge in [0.15, 0.2) is 0 Å². The molecule has 0 saturated heterocycles. The van der Waals surface area contributed by atoms with Crippen molar-refractivity contribution in [1.29, 1.82) is 0 Å². The monoisotopic (exact) mass is 291 g/mol. The maximum Gasteiger partial charge on any atom is 0.0760 e. The molecule has 0 spiro atoms. The van der Waals surface area contributed by atoms with E-state index >= 15 is 0 Å². The van der Waals surface area contributed by atoms with Gasteiger partial charge in [0.25, 0.3) is 0 Å². The van der Waals surface area contributed by atoms with Gasteiger partial charge in [-0.15, -0.1) is 12.4 Å². The number of hydrogen-bond donors (Lipinski definition) is 2. The van der Waals surface area contributed by atoms with Crippen molar-refractivity contribution >= 4 is 28.3 Å². The zero-order chi connectivity index (χ0) is 10.1. The number of benzene rings is 1. The second-order valence-electron chi connectivity index (χ2n) is 3.91. The first-order chi connectivity index (χ1) is 6.68. The summed E-state index contributed by atoms with van der Waals surface area (Å²) in [7, 11) is 0. The third-order valence-corrected chi connectivity index (χ3v) is 3.26. The van der Waals surface area contributed by atoms with Crippen LogP contribution in [0, 0.1) is 5.92 Å². The van der Waals surface area contributed by atoms with Crippen LogP contribution in [-0.2, 0) is 0 Å². The Labute approximate surface area is 104 Å². The Morgan fingerprint density at radius 2 is 1.80 bits per heavy atom. The maximum absolute atomic E-state index is 9.84. The van der Waals surface area contributed by atoms with Crippen LogP contribution in [0.25, 0.3) is 0 Å². The Hall–Kier alpha value is -0.0900. The van der Waals surface area contributed by atoms with Gasteiger partial charge in [0.2, 0.25) is 0 Å². The highest BCUT2D eigenvalue weighted by Crippen LogP contribution is 2.37. The van der Waals surface area contributed by atoms with Crippen molar-refractivity contribution in [1.82, 2.24) is 0 Å². The second-order valence-corrected chi connectivity index (χ2v) is 4.82. The van der Waals surface area contributed by atoms with Gasteiger partial charge in [-0.25, -0.2) is 0 Å². The molecule has 0 unspecified atom stereocenters. The van der Waals surface area contributed by atoms with E-state index in [0.717, 1.165) is 22.9 Å². The van der Waals surface area contributed by atoms with E-state index in [2.05, 4.69) is 15.9 Å². The summed E-state index contributed by atoms with van der Waals surface area (Å²) in [6.45, 7) is 0. The molecule has 0 bridgehead atoms. The summed E-state index contributed by atoms with van der Waals surface area (Å²) in [4.78, 5) is 0. The Morgan fingerprint density at radius 1 is 1.27 bits per heavy atom. The van der Waals surface area contributed by atoms with Gasteiger partial charge in [-0.2, -0.15) is 0 Å². The Balaban J connectivity index is 0.00000112. The molecule has 4 heteroatoms. The number of aliphatic hydroxyl groups excluding tert-OH is 1. The molecular weight excluding hydrogens is 277 g/mol. The lowest BCUT2D eigenvalue weighted by Gasteiger charge is -2.18. The van der Waals surface area contributed by atoms with E-state index in [1.807, 2.05) is 24.3 Å². The minimum atomic E-state index is -0.379. The van der Waals surface area contributed by atoms with Crippen molar-refractivity contribution in [3.05, 3.63) is 34.3 Å². The van der Waals surface area contributed by atoms with Crippen LogP contribution in [0.15, 0.2) is 28.7 Å². The van der Waals surface area contributed by atoms with Crippen LogP contribution in [0.2, 0.25) is 0 Å². The number of aliphatic hydroxyl groups is 1. The molecule has 0 aliphatic heterocycles. The summed E-state index contributed by atoms with van der Waals surface area (Å²) >= 11 is 3.37. The first kappa shape index (κ1) is 13.0. The molecule has 2 nitrogen and oxygen atoms in total. The van der Waals surface area contributed by atoms with Crippen molar-refractivity contribution in [2.24, 2.45) is 11.7 Å². The zero-order valence-corrected chi connectivity index (χ0v) is 10.7. The molecule has 1 aromatic carbocycles. The Morgan fingerprint density at radius 3 is 2.27 bits per heavy atom. The molecule has 1 aliphatic rings. The van der Waals surface area contributed by atoms with E-state index in [4.69, 9.17) is 5.73 Å². The molecule has 1 aromatic rings. The third kappa shape index (κ3) is 3.18. The van der Waals surface area contributed by atoms with Gasteiger partial charge in [-0.3, -0.25) is 0 Å². The lowest BCUT2D eigenvalue weighted by atomic mass is 9.99. The van der Waals surface area contributed by atoms with Crippen molar-refractivity contribution in [3.63, 3.8) is 0 Å². The fourth-order valence-electron chi connectivity index (χ4n) is 1.61. The normalized spacial score (nSPS) is 19.1. The van der Waals surface area contributed by atoms with Crippen molar-refractivity contribution in [2.75, 3.05) is 0 Å². The summed E-state index contributed by atoms with van der Waals surface area (Å²) < 4.78 is 1.04. The Kier molecular flexibility index (Phi) is 4.59. The van der Waals surface area contributed by atoms with Crippen LogP contribution >= 0.6 is 28.3 Å². The van der Waals surface area contributed by atoms with E-state index in [-0.39, 0.29) is 24.6 Å². The molecule has 15 heavy (non-hydrogen) atoms. The molecule has 2 rings (SSSR count). The minimum Gasteiger partial charge on any atom is -0.391 e. The van der Waals surface area contributed by atoms with Gasteiger partial charge in [0.05, 0.1) is 12.1 Å². The van der Waals surface area contributed by atoms with Crippen LogP contribution in [0.4, 0.5) is 0 Å². The fraction of sp³-hybridized carbons (Fsp3) is 0.455. The van der Waals surface area contributed by atoms with E-state index < -0.39 is 0 Å². The van der Waals surface area contributed by atoms with Gasteiger partial charge in [-0.1, -0.05) is 28.1 Å². The molecule has 2 atom stereocenters. The molecule has 1 fully saturated rings.